The van der Waals surface area contributed by atoms with Crippen molar-refractivity contribution >= 4 is 34.4 Å². The summed E-state index contributed by atoms with van der Waals surface area (Å²) in [6.07, 6.45) is 6.13. The fraction of sp³-hybridized carbons (Fsp3) is 0.417. The zero-order valence-electron chi connectivity index (χ0n) is 18.3. The number of nitrogens with zero attached hydrogens (tertiary/aromatic N) is 2. The standard InChI is InChI=1S/C24H29N3O3S/c1-4-30-21-13-9-8-12-17(21)23(28)25-18-14-19-20(27(3)24(29)26(19)2)15-22(18)31-16-10-6-5-7-11-16/h8-9,12-16H,4-7,10-11H2,1-3H3,(H,25,28). The molecule has 0 atom stereocenters. The molecule has 31 heavy (non-hydrogen) atoms. The molecule has 7 heteroatoms. The average Bonchev–Trinajstić information content (AvgIpc) is 2.99. The Morgan fingerprint density at radius 2 is 1.77 bits per heavy atom. The maximum atomic E-state index is 13.2. The molecule has 164 valence electrons. The minimum Gasteiger partial charge on any atom is -0.493 e. The van der Waals surface area contributed by atoms with E-state index in [1.54, 1.807) is 35.4 Å². The van der Waals surface area contributed by atoms with E-state index in [1.165, 1.54) is 32.1 Å². The number of rotatable bonds is 6. The highest BCUT2D eigenvalue weighted by Gasteiger charge is 2.21. The summed E-state index contributed by atoms with van der Waals surface area (Å²) in [5.74, 6) is 0.354. The van der Waals surface area contributed by atoms with Gasteiger partial charge in [-0.15, -0.1) is 11.8 Å². The number of imidazole rings is 1. The first-order valence-electron chi connectivity index (χ1n) is 10.9. The van der Waals surface area contributed by atoms with Crippen molar-refractivity contribution in [1.29, 1.82) is 0 Å². The van der Waals surface area contributed by atoms with Gasteiger partial charge in [-0.2, -0.15) is 0 Å². The van der Waals surface area contributed by atoms with Gasteiger partial charge in [0.25, 0.3) is 5.91 Å². The number of anilines is 1. The van der Waals surface area contributed by atoms with Gasteiger partial charge in [0.1, 0.15) is 5.75 Å². The molecule has 1 heterocycles. The van der Waals surface area contributed by atoms with Crippen LogP contribution in [-0.4, -0.2) is 26.9 Å². The SMILES string of the molecule is CCOc1ccccc1C(=O)Nc1cc2c(cc1SC1CCCCC1)n(C)c(=O)n2C. The second-order valence-electron chi connectivity index (χ2n) is 8.00. The first-order valence-corrected chi connectivity index (χ1v) is 11.8. The number of ether oxygens (including phenoxy) is 1. The van der Waals surface area contributed by atoms with Crippen molar-refractivity contribution < 1.29 is 9.53 Å². The minimum absolute atomic E-state index is 0.0752. The number of amides is 1. The van der Waals surface area contributed by atoms with E-state index in [4.69, 9.17) is 4.74 Å². The van der Waals surface area contributed by atoms with Crippen LogP contribution in [0, 0.1) is 0 Å². The zero-order chi connectivity index (χ0) is 22.0. The number of carbonyl (C=O) groups is 1. The van der Waals surface area contributed by atoms with Gasteiger partial charge in [0.15, 0.2) is 0 Å². The molecule has 0 bridgehead atoms. The topological polar surface area (TPSA) is 65.3 Å². The van der Waals surface area contributed by atoms with Gasteiger partial charge < -0.3 is 10.1 Å². The van der Waals surface area contributed by atoms with Crippen molar-refractivity contribution in [2.75, 3.05) is 11.9 Å². The van der Waals surface area contributed by atoms with Crippen molar-refractivity contribution in [3.8, 4) is 5.75 Å². The number of benzene rings is 2. The number of nitrogens with one attached hydrogen (secondary N) is 1. The first-order chi connectivity index (χ1) is 15.0. The van der Waals surface area contributed by atoms with Crippen molar-refractivity contribution in [2.24, 2.45) is 14.1 Å². The monoisotopic (exact) mass is 439 g/mol. The van der Waals surface area contributed by atoms with Crippen LogP contribution in [0.1, 0.15) is 49.4 Å². The summed E-state index contributed by atoms with van der Waals surface area (Å²) in [5.41, 5.74) is 2.83. The molecule has 0 aliphatic heterocycles. The Balaban J connectivity index is 1.74. The number of hydrogen-bond donors (Lipinski definition) is 1. The first kappa shape index (κ1) is 21.6. The molecule has 0 spiro atoms. The highest BCUT2D eigenvalue weighted by atomic mass is 32.2. The summed E-state index contributed by atoms with van der Waals surface area (Å²) >= 11 is 1.81. The predicted molar refractivity (Wildman–Crippen MR) is 126 cm³/mol. The number of aryl methyl sites for hydroxylation is 2. The third-order valence-electron chi connectivity index (χ3n) is 5.90. The molecule has 0 radical (unpaired) electrons. The van der Waals surface area contributed by atoms with Crippen LogP contribution in [0.4, 0.5) is 5.69 Å². The van der Waals surface area contributed by atoms with E-state index in [1.807, 2.05) is 43.0 Å². The summed E-state index contributed by atoms with van der Waals surface area (Å²) in [6.45, 7) is 2.39. The van der Waals surface area contributed by atoms with Crippen molar-refractivity contribution in [2.45, 2.75) is 49.2 Å². The molecular weight excluding hydrogens is 410 g/mol. The molecule has 1 N–H and O–H groups in total. The molecule has 1 aliphatic rings. The maximum Gasteiger partial charge on any atom is 0.328 e. The van der Waals surface area contributed by atoms with E-state index in [-0.39, 0.29) is 11.6 Å². The van der Waals surface area contributed by atoms with Crippen LogP contribution in [0.5, 0.6) is 5.75 Å². The fourth-order valence-electron chi connectivity index (χ4n) is 4.21. The second kappa shape index (κ2) is 9.22. The summed E-state index contributed by atoms with van der Waals surface area (Å²) in [6, 6.07) is 11.2. The average molecular weight is 440 g/mol. The lowest BCUT2D eigenvalue weighted by Gasteiger charge is -2.22. The van der Waals surface area contributed by atoms with Gasteiger partial charge in [-0.25, -0.2) is 4.79 Å². The summed E-state index contributed by atoms with van der Waals surface area (Å²) in [4.78, 5) is 26.7. The Morgan fingerprint density at radius 3 is 2.48 bits per heavy atom. The van der Waals surface area contributed by atoms with Gasteiger partial charge in [-0.05, 0) is 44.0 Å². The number of para-hydroxylation sites is 1. The van der Waals surface area contributed by atoms with E-state index in [0.717, 1.165) is 21.6 Å². The van der Waals surface area contributed by atoms with E-state index in [9.17, 15) is 9.59 Å². The Kier molecular flexibility index (Phi) is 6.41. The largest absolute Gasteiger partial charge is 0.493 e. The molecule has 1 fully saturated rings. The van der Waals surface area contributed by atoms with Crippen LogP contribution in [-0.2, 0) is 14.1 Å². The maximum absolute atomic E-state index is 13.2. The molecule has 1 amide bonds. The third-order valence-corrected chi connectivity index (χ3v) is 7.30. The molecular formula is C24H29N3O3S. The molecule has 1 saturated carbocycles. The van der Waals surface area contributed by atoms with Gasteiger partial charge in [0.2, 0.25) is 0 Å². The molecule has 3 aromatic rings. The van der Waals surface area contributed by atoms with E-state index in [2.05, 4.69) is 5.32 Å². The Hall–Kier alpha value is -2.67. The summed E-state index contributed by atoms with van der Waals surface area (Å²) < 4.78 is 8.92. The number of carbonyl (C=O) groups excluding carboxylic acids is 1. The molecule has 2 aromatic carbocycles. The lowest BCUT2D eigenvalue weighted by atomic mass is 10.0. The Bertz CT molecular complexity index is 1160. The van der Waals surface area contributed by atoms with Gasteiger partial charge in [0, 0.05) is 24.2 Å². The van der Waals surface area contributed by atoms with Crippen LogP contribution >= 0.6 is 11.8 Å². The van der Waals surface area contributed by atoms with Crippen LogP contribution in [0.3, 0.4) is 0 Å². The molecule has 1 aromatic heterocycles. The lowest BCUT2D eigenvalue weighted by molar-refractivity contribution is 0.102. The minimum atomic E-state index is -0.213. The summed E-state index contributed by atoms with van der Waals surface area (Å²) in [5, 5.41) is 3.63. The van der Waals surface area contributed by atoms with Crippen LogP contribution in [0.25, 0.3) is 11.0 Å². The van der Waals surface area contributed by atoms with E-state index in [0.29, 0.717) is 23.2 Å². The lowest BCUT2D eigenvalue weighted by Crippen LogP contribution is -2.19. The van der Waals surface area contributed by atoms with Gasteiger partial charge >= 0.3 is 5.69 Å². The van der Waals surface area contributed by atoms with Crippen LogP contribution in [0.2, 0.25) is 0 Å². The molecule has 1 aliphatic carbocycles. The van der Waals surface area contributed by atoms with Gasteiger partial charge in [-0.3, -0.25) is 13.9 Å². The van der Waals surface area contributed by atoms with Gasteiger partial charge in [-0.1, -0.05) is 31.4 Å². The Labute approximate surface area is 186 Å². The molecule has 0 unspecified atom stereocenters. The number of fused-ring (bicyclic) bond motifs is 1. The van der Waals surface area contributed by atoms with Crippen molar-refractivity contribution in [1.82, 2.24) is 9.13 Å². The molecule has 4 rings (SSSR count). The predicted octanol–water partition coefficient (Wildman–Crippen LogP) is 4.95. The highest BCUT2D eigenvalue weighted by Crippen LogP contribution is 2.39. The Morgan fingerprint density at radius 1 is 1.10 bits per heavy atom. The molecule has 0 saturated heterocycles. The number of hydrogen-bond acceptors (Lipinski definition) is 4. The van der Waals surface area contributed by atoms with Crippen LogP contribution in [0.15, 0.2) is 46.1 Å². The zero-order valence-corrected chi connectivity index (χ0v) is 19.1. The summed E-state index contributed by atoms with van der Waals surface area (Å²) in [7, 11) is 3.55. The second-order valence-corrected chi connectivity index (χ2v) is 9.34. The molecule has 6 nitrogen and oxygen atoms in total. The highest BCUT2D eigenvalue weighted by molar-refractivity contribution is 8.00. The number of thioether (sulfide) groups is 1. The number of aromatic nitrogens is 2. The van der Waals surface area contributed by atoms with Gasteiger partial charge in [0.05, 0.1) is 28.9 Å². The van der Waals surface area contributed by atoms with Crippen LogP contribution < -0.4 is 15.7 Å². The van der Waals surface area contributed by atoms with Crippen molar-refractivity contribution in [3.05, 3.63) is 52.4 Å². The van der Waals surface area contributed by atoms with E-state index < -0.39 is 0 Å². The normalized spacial score (nSPS) is 14.7. The quantitative estimate of drug-likeness (QED) is 0.590. The van der Waals surface area contributed by atoms with Crippen molar-refractivity contribution in [3.63, 3.8) is 0 Å². The fourth-order valence-corrected chi connectivity index (χ4v) is 5.55. The third kappa shape index (κ3) is 4.37. The smallest absolute Gasteiger partial charge is 0.328 e. The van der Waals surface area contributed by atoms with E-state index >= 15 is 0 Å².